The lowest BCUT2D eigenvalue weighted by atomic mass is 10.5. The second kappa shape index (κ2) is 7.53. The van der Waals surface area contributed by atoms with E-state index in [4.69, 9.17) is 10.00 Å². The Balaban J connectivity index is 3.45. The van der Waals surface area contributed by atoms with Gasteiger partial charge in [0.2, 0.25) is 5.91 Å². The van der Waals surface area contributed by atoms with Gasteiger partial charge in [-0.25, -0.2) is 0 Å². The summed E-state index contributed by atoms with van der Waals surface area (Å²) in [6, 6.07) is 1.96. The Labute approximate surface area is 78.3 Å². The van der Waals surface area contributed by atoms with E-state index in [-0.39, 0.29) is 19.0 Å². The van der Waals surface area contributed by atoms with Crippen molar-refractivity contribution < 1.29 is 9.53 Å². The smallest absolute Gasteiger partial charge is 0.234 e. The highest BCUT2D eigenvalue weighted by molar-refractivity contribution is 5.77. The molecule has 0 fully saturated rings. The summed E-state index contributed by atoms with van der Waals surface area (Å²) in [4.78, 5) is 12.7. The molecule has 0 aliphatic carbocycles. The predicted molar refractivity (Wildman–Crippen MR) is 48.0 cm³/mol. The van der Waals surface area contributed by atoms with E-state index in [2.05, 4.69) is 5.32 Å². The van der Waals surface area contributed by atoms with Crippen LogP contribution in [0.3, 0.4) is 0 Å². The van der Waals surface area contributed by atoms with Crippen molar-refractivity contribution in [1.29, 1.82) is 5.26 Å². The van der Waals surface area contributed by atoms with Crippen LogP contribution in [0.2, 0.25) is 0 Å². The molecule has 0 heterocycles. The Morgan fingerprint density at radius 1 is 1.69 bits per heavy atom. The standard InChI is InChI=1S/C8H15N3O2/c1-11(5-3-9)7-8(12)10-4-6-13-2/h4-7H2,1-2H3,(H,10,12). The third-order valence-electron chi connectivity index (χ3n) is 1.38. The summed E-state index contributed by atoms with van der Waals surface area (Å²) in [5, 5.41) is 11.0. The summed E-state index contributed by atoms with van der Waals surface area (Å²) < 4.78 is 4.76. The average Bonchev–Trinajstić information content (AvgIpc) is 2.05. The summed E-state index contributed by atoms with van der Waals surface area (Å²) >= 11 is 0. The molecule has 5 heteroatoms. The second-order valence-corrected chi connectivity index (χ2v) is 2.67. The van der Waals surface area contributed by atoms with Gasteiger partial charge in [-0.1, -0.05) is 0 Å². The number of nitrogens with zero attached hydrogens (tertiary/aromatic N) is 2. The van der Waals surface area contributed by atoms with Gasteiger partial charge in [0.15, 0.2) is 0 Å². The van der Waals surface area contributed by atoms with E-state index in [0.717, 1.165) is 0 Å². The molecule has 0 radical (unpaired) electrons. The lowest BCUT2D eigenvalue weighted by molar-refractivity contribution is -0.122. The summed E-state index contributed by atoms with van der Waals surface area (Å²) in [5.41, 5.74) is 0. The van der Waals surface area contributed by atoms with Crippen molar-refractivity contribution >= 4 is 5.91 Å². The third-order valence-corrected chi connectivity index (χ3v) is 1.38. The number of nitrogens with one attached hydrogen (secondary N) is 1. The van der Waals surface area contributed by atoms with Gasteiger partial charge in [0.1, 0.15) is 0 Å². The molecular formula is C8H15N3O2. The molecule has 0 bridgehead atoms. The van der Waals surface area contributed by atoms with Crippen LogP contribution in [-0.4, -0.2) is 51.2 Å². The molecule has 5 nitrogen and oxygen atoms in total. The van der Waals surface area contributed by atoms with Crippen LogP contribution in [0.15, 0.2) is 0 Å². The topological polar surface area (TPSA) is 65.4 Å². The third kappa shape index (κ3) is 7.25. The number of rotatable bonds is 6. The van der Waals surface area contributed by atoms with Crippen LogP contribution in [0.5, 0.6) is 0 Å². The van der Waals surface area contributed by atoms with E-state index in [1.807, 2.05) is 6.07 Å². The number of amides is 1. The van der Waals surface area contributed by atoms with E-state index in [0.29, 0.717) is 13.2 Å². The highest BCUT2D eigenvalue weighted by atomic mass is 16.5. The summed E-state index contributed by atoms with van der Waals surface area (Å²) in [5.74, 6) is -0.0881. The van der Waals surface area contributed by atoms with E-state index >= 15 is 0 Å². The molecule has 0 saturated carbocycles. The van der Waals surface area contributed by atoms with Crippen LogP contribution in [0.4, 0.5) is 0 Å². The Bertz CT molecular complexity index is 188. The van der Waals surface area contributed by atoms with Gasteiger partial charge in [-0.2, -0.15) is 5.26 Å². The van der Waals surface area contributed by atoms with Crippen LogP contribution < -0.4 is 5.32 Å². The van der Waals surface area contributed by atoms with Crippen molar-refractivity contribution in [2.24, 2.45) is 0 Å². The molecule has 0 aliphatic rings. The minimum absolute atomic E-state index is 0.0881. The summed E-state index contributed by atoms with van der Waals surface area (Å²) in [6.07, 6.45) is 0. The normalized spacial score (nSPS) is 9.69. The van der Waals surface area contributed by atoms with Crippen molar-refractivity contribution in [3.05, 3.63) is 0 Å². The molecular weight excluding hydrogens is 170 g/mol. The van der Waals surface area contributed by atoms with Crippen molar-refractivity contribution in [2.45, 2.75) is 0 Å². The number of hydrogen-bond donors (Lipinski definition) is 1. The lowest BCUT2D eigenvalue weighted by Crippen LogP contribution is -2.36. The monoisotopic (exact) mass is 185 g/mol. The van der Waals surface area contributed by atoms with Crippen molar-refractivity contribution in [3.63, 3.8) is 0 Å². The minimum Gasteiger partial charge on any atom is -0.383 e. The number of hydrogen-bond acceptors (Lipinski definition) is 4. The molecule has 0 saturated heterocycles. The van der Waals surface area contributed by atoms with Gasteiger partial charge in [0.05, 0.1) is 25.8 Å². The molecule has 13 heavy (non-hydrogen) atoms. The number of methoxy groups -OCH3 is 1. The zero-order valence-corrected chi connectivity index (χ0v) is 8.04. The number of carbonyl (C=O) groups excluding carboxylic acids is 1. The molecule has 0 atom stereocenters. The fourth-order valence-electron chi connectivity index (χ4n) is 0.770. The Kier molecular flexibility index (Phi) is 6.88. The van der Waals surface area contributed by atoms with E-state index in [1.54, 1.807) is 19.1 Å². The molecule has 1 amide bonds. The van der Waals surface area contributed by atoms with Crippen molar-refractivity contribution in [2.75, 3.05) is 40.4 Å². The van der Waals surface area contributed by atoms with Gasteiger partial charge in [0, 0.05) is 13.7 Å². The zero-order valence-electron chi connectivity index (χ0n) is 8.04. The molecule has 74 valence electrons. The van der Waals surface area contributed by atoms with Gasteiger partial charge in [-0.15, -0.1) is 0 Å². The predicted octanol–water partition coefficient (Wildman–Crippen LogP) is -0.796. The first-order chi connectivity index (χ1) is 6.20. The number of carbonyl (C=O) groups is 1. The van der Waals surface area contributed by atoms with E-state index in [9.17, 15) is 4.79 Å². The van der Waals surface area contributed by atoms with Crippen molar-refractivity contribution in [1.82, 2.24) is 10.2 Å². The first-order valence-corrected chi connectivity index (χ1v) is 4.01. The van der Waals surface area contributed by atoms with Crippen LogP contribution in [0, 0.1) is 11.3 Å². The summed E-state index contributed by atoms with van der Waals surface area (Å²) in [7, 11) is 3.30. The minimum atomic E-state index is -0.0881. The zero-order chi connectivity index (χ0) is 10.1. The van der Waals surface area contributed by atoms with Crippen molar-refractivity contribution in [3.8, 4) is 6.07 Å². The van der Waals surface area contributed by atoms with Gasteiger partial charge < -0.3 is 10.1 Å². The fourth-order valence-corrected chi connectivity index (χ4v) is 0.770. The maximum atomic E-state index is 11.1. The van der Waals surface area contributed by atoms with Crippen LogP contribution >= 0.6 is 0 Å². The average molecular weight is 185 g/mol. The largest absolute Gasteiger partial charge is 0.383 e. The van der Waals surface area contributed by atoms with Gasteiger partial charge in [-0.05, 0) is 7.05 Å². The molecule has 0 aromatic heterocycles. The quantitative estimate of drug-likeness (QED) is 0.435. The van der Waals surface area contributed by atoms with E-state index < -0.39 is 0 Å². The second-order valence-electron chi connectivity index (χ2n) is 2.67. The molecule has 1 N–H and O–H groups in total. The number of nitriles is 1. The first-order valence-electron chi connectivity index (χ1n) is 4.01. The van der Waals surface area contributed by atoms with Crippen LogP contribution in [0.1, 0.15) is 0 Å². The Morgan fingerprint density at radius 2 is 2.38 bits per heavy atom. The molecule has 0 unspecified atom stereocenters. The van der Waals surface area contributed by atoms with E-state index in [1.165, 1.54) is 0 Å². The van der Waals surface area contributed by atoms with Crippen LogP contribution in [-0.2, 0) is 9.53 Å². The molecule has 0 aliphatic heterocycles. The van der Waals surface area contributed by atoms with Crippen LogP contribution in [0.25, 0.3) is 0 Å². The highest BCUT2D eigenvalue weighted by Gasteiger charge is 2.04. The molecule has 0 spiro atoms. The van der Waals surface area contributed by atoms with Gasteiger partial charge >= 0.3 is 0 Å². The molecule has 0 rings (SSSR count). The Hall–Kier alpha value is -1.12. The van der Waals surface area contributed by atoms with Gasteiger partial charge in [0.25, 0.3) is 0 Å². The molecule has 0 aromatic carbocycles. The Morgan fingerprint density at radius 3 is 2.92 bits per heavy atom. The summed E-state index contributed by atoms with van der Waals surface area (Å²) in [6.45, 7) is 1.53. The SMILES string of the molecule is COCCNC(=O)CN(C)CC#N. The highest BCUT2D eigenvalue weighted by Crippen LogP contribution is 1.79. The van der Waals surface area contributed by atoms with Gasteiger partial charge in [-0.3, -0.25) is 9.69 Å². The molecule has 0 aromatic rings. The first kappa shape index (κ1) is 11.9. The number of ether oxygens (including phenoxy) is 1. The lowest BCUT2D eigenvalue weighted by Gasteiger charge is -2.11. The number of likely N-dealkylation sites (N-methyl/N-ethyl adjacent to an activating group) is 1. The fraction of sp³-hybridized carbons (Fsp3) is 0.750. The maximum Gasteiger partial charge on any atom is 0.234 e. The maximum absolute atomic E-state index is 11.1.